The SMILES string of the molecule is CC[C@H](C)[C@@H]([C@@H](CC(=O)N1CCC[C@H]1[C@H](OC)[C@@H](C)C(=O)N[C@@H](Cc1ccccc1)c1nccs1)OC)[N+](C)(C(=O)C1(N)CCCC1)[C@H](C(N)=O)C(C)C. The van der Waals surface area contributed by atoms with Gasteiger partial charge in [-0.2, -0.15) is 0 Å². The van der Waals surface area contributed by atoms with Crippen LogP contribution in [-0.2, 0) is 35.1 Å². The van der Waals surface area contributed by atoms with Crippen LogP contribution in [0.2, 0.25) is 0 Å². The molecule has 1 aromatic heterocycles. The lowest BCUT2D eigenvalue weighted by atomic mass is 9.82. The molecule has 1 saturated carbocycles. The molecule has 4 amide bonds. The number of ether oxygens (including phenoxy) is 2. The molecule has 9 atom stereocenters. The van der Waals surface area contributed by atoms with Crippen LogP contribution in [0.1, 0.15) is 103 Å². The van der Waals surface area contributed by atoms with Crippen LogP contribution in [0.4, 0.5) is 0 Å². The van der Waals surface area contributed by atoms with Gasteiger partial charge in [-0.3, -0.25) is 14.4 Å². The van der Waals surface area contributed by atoms with E-state index < -0.39 is 41.7 Å². The van der Waals surface area contributed by atoms with Crippen molar-refractivity contribution in [3.05, 3.63) is 52.5 Å². The maximum atomic E-state index is 14.9. The van der Waals surface area contributed by atoms with E-state index in [1.54, 1.807) is 27.5 Å². The van der Waals surface area contributed by atoms with E-state index in [9.17, 15) is 19.2 Å². The van der Waals surface area contributed by atoms with Crippen LogP contribution in [0.15, 0.2) is 41.9 Å². The summed E-state index contributed by atoms with van der Waals surface area (Å²) in [7, 11) is 4.93. The van der Waals surface area contributed by atoms with Gasteiger partial charge in [0, 0.05) is 44.2 Å². The quantitative estimate of drug-likeness (QED) is 0.172. The minimum atomic E-state index is -1.10. The molecule has 1 aliphatic carbocycles. The molecule has 5 N–H and O–H groups in total. The molecule has 12 nitrogen and oxygen atoms in total. The van der Waals surface area contributed by atoms with Crippen molar-refractivity contribution >= 4 is 35.0 Å². The number of carbonyl (C=O) groups excluding carboxylic acids is 4. The van der Waals surface area contributed by atoms with Gasteiger partial charge in [0.2, 0.25) is 11.8 Å². The number of methoxy groups -OCH3 is 2. The van der Waals surface area contributed by atoms with E-state index in [-0.39, 0.29) is 52.5 Å². The molecule has 54 heavy (non-hydrogen) atoms. The Balaban J connectivity index is 1.60. The number of nitrogens with two attached hydrogens (primary N) is 2. The summed E-state index contributed by atoms with van der Waals surface area (Å²) in [5.41, 5.74) is 13.0. The highest BCUT2D eigenvalue weighted by atomic mass is 32.1. The molecule has 2 fully saturated rings. The summed E-state index contributed by atoms with van der Waals surface area (Å²) in [6, 6.07) is 7.86. The number of rotatable bonds is 19. The maximum absolute atomic E-state index is 14.9. The van der Waals surface area contributed by atoms with Gasteiger partial charge in [-0.1, -0.05) is 77.8 Å². The number of nitrogens with zero attached hydrogens (tertiary/aromatic N) is 3. The number of benzene rings is 1. The van der Waals surface area contributed by atoms with Gasteiger partial charge >= 0.3 is 5.91 Å². The van der Waals surface area contributed by atoms with Crippen molar-refractivity contribution < 1.29 is 33.1 Å². The van der Waals surface area contributed by atoms with Crippen molar-refractivity contribution in [2.75, 3.05) is 27.8 Å². The number of likely N-dealkylation sites (tertiary alicyclic amines) is 1. The number of quaternary nitrogens is 1. The van der Waals surface area contributed by atoms with Gasteiger partial charge in [0.05, 0.1) is 37.6 Å². The zero-order valence-corrected chi connectivity index (χ0v) is 34.5. The summed E-state index contributed by atoms with van der Waals surface area (Å²) in [5.74, 6) is -2.11. The van der Waals surface area contributed by atoms with Crippen molar-refractivity contribution in [1.82, 2.24) is 15.2 Å². The van der Waals surface area contributed by atoms with Gasteiger partial charge in [-0.15, -0.1) is 11.3 Å². The number of primary amides is 1. The molecule has 0 spiro atoms. The van der Waals surface area contributed by atoms with Gasteiger partial charge in [0.15, 0.2) is 6.04 Å². The predicted octanol–water partition coefficient (Wildman–Crippen LogP) is 4.76. The van der Waals surface area contributed by atoms with Crippen molar-refractivity contribution in [1.29, 1.82) is 0 Å². The Bertz CT molecular complexity index is 1540. The molecule has 13 heteroatoms. The van der Waals surface area contributed by atoms with Crippen LogP contribution in [-0.4, -0.2) is 102 Å². The molecule has 1 aromatic carbocycles. The van der Waals surface area contributed by atoms with Crippen LogP contribution in [0.25, 0.3) is 0 Å². The van der Waals surface area contributed by atoms with Gasteiger partial charge in [-0.05, 0) is 44.1 Å². The summed E-state index contributed by atoms with van der Waals surface area (Å²) in [4.78, 5) is 63.0. The molecule has 1 saturated heterocycles. The highest BCUT2D eigenvalue weighted by Crippen LogP contribution is 2.40. The Morgan fingerprint density at radius 1 is 1.06 bits per heavy atom. The average Bonchev–Trinajstić information content (AvgIpc) is 3.94. The lowest BCUT2D eigenvalue weighted by Gasteiger charge is -2.51. The third-order valence-electron chi connectivity index (χ3n) is 12.3. The van der Waals surface area contributed by atoms with Crippen LogP contribution in [0, 0.1) is 17.8 Å². The highest BCUT2D eigenvalue weighted by molar-refractivity contribution is 7.09. The Morgan fingerprint density at radius 2 is 1.72 bits per heavy atom. The molecule has 1 unspecified atom stereocenters. The first kappa shape index (κ1) is 43.5. The van der Waals surface area contributed by atoms with Crippen molar-refractivity contribution in [3.8, 4) is 0 Å². The molecule has 300 valence electrons. The van der Waals surface area contributed by atoms with Crippen molar-refractivity contribution in [2.45, 2.75) is 134 Å². The molecular weight excluding hydrogens is 705 g/mol. The number of nitrogens with one attached hydrogen (secondary N) is 1. The Morgan fingerprint density at radius 3 is 2.26 bits per heavy atom. The number of likely N-dealkylation sites (N-methyl/N-ethyl adjacent to an activating group) is 1. The molecular formula is C41H65N6O6S+. The number of hydrogen-bond donors (Lipinski definition) is 3. The minimum Gasteiger partial charge on any atom is -0.378 e. The van der Waals surface area contributed by atoms with Crippen molar-refractivity contribution in [2.24, 2.45) is 29.2 Å². The summed E-state index contributed by atoms with van der Waals surface area (Å²) < 4.78 is 11.9. The minimum absolute atomic E-state index is 0.0233. The first-order valence-electron chi connectivity index (χ1n) is 19.7. The number of carbonyl (C=O) groups is 4. The summed E-state index contributed by atoms with van der Waals surface area (Å²) in [6.07, 6.45) is 5.84. The van der Waals surface area contributed by atoms with Gasteiger partial charge in [-0.25, -0.2) is 14.3 Å². The summed E-state index contributed by atoms with van der Waals surface area (Å²) >= 11 is 1.50. The second-order valence-electron chi connectivity index (χ2n) is 16.2. The smallest absolute Gasteiger partial charge is 0.334 e. The fourth-order valence-electron chi connectivity index (χ4n) is 9.52. The number of hydrogen-bond acceptors (Lipinski definition) is 9. The number of amides is 4. The van der Waals surface area contributed by atoms with E-state index in [4.69, 9.17) is 20.9 Å². The lowest BCUT2D eigenvalue weighted by molar-refractivity contribution is -0.889. The van der Waals surface area contributed by atoms with Gasteiger partial charge in [0.1, 0.15) is 22.7 Å². The van der Waals surface area contributed by atoms with E-state index in [0.717, 1.165) is 29.8 Å². The largest absolute Gasteiger partial charge is 0.378 e. The third kappa shape index (κ3) is 9.41. The molecule has 0 bridgehead atoms. The zero-order valence-electron chi connectivity index (χ0n) is 33.7. The molecule has 2 heterocycles. The number of aromatic nitrogens is 1. The molecule has 4 rings (SSSR count). The molecule has 0 radical (unpaired) electrons. The molecule has 2 aliphatic rings. The first-order chi connectivity index (χ1) is 25.6. The van der Waals surface area contributed by atoms with Crippen LogP contribution < -0.4 is 16.8 Å². The van der Waals surface area contributed by atoms with E-state index in [1.807, 2.05) is 75.2 Å². The fourth-order valence-corrected chi connectivity index (χ4v) is 10.2. The Labute approximate surface area is 326 Å². The monoisotopic (exact) mass is 769 g/mol. The Hall–Kier alpha value is -3.23. The standard InChI is InChI=1S/C41H64N6O6S/c1-9-27(4)35(47(6,34(26(2)3)37(42)49)40(51)41(43)19-13-14-20-41)32(52-7)25-33(48)46-22-15-18-31(46)36(53-8)28(5)38(50)45-30(39-44-21-23-54-39)24-29-16-11-10-12-17-29/h10-12,16-17,21,23,26-28,30-32,34-36H,9,13-15,18-20,22,24-25,43H2,1-8H3,(H2-,42,45,49,50)/p+1/t27-,28+,30-,31-,32+,34-,35-,36+,47?/m0/s1. The first-order valence-corrected chi connectivity index (χ1v) is 20.6. The summed E-state index contributed by atoms with van der Waals surface area (Å²) in [5, 5.41) is 5.95. The van der Waals surface area contributed by atoms with Crippen LogP contribution in [0.3, 0.4) is 0 Å². The number of thiazole rings is 1. The second kappa shape index (κ2) is 19.1. The summed E-state index contributed by atoms with van der Waals surface area (Å²) in [6.45, 7) is 10.2. The van der Waals surface area contributed by atoms with E-state index in [0.29, 0.717) is 38.6 Å². The molecule has 2 aromatic rings. The fraction of sp³-hybridized carbons (Fsp3) is 0.683. The highest BCUT2D eigenvalue weighted by Gasteiger charge is 2.60. The van der Waals surface area contributed by atoms with E-state index in [1.165, 1.54) is 11.3 Å². The van der Waals surface area contributed by atoms with Gasteiger partial charge < -0.3 is 31.2 Å². The van der Waals surface area contributed by atoms with Gasteiger partial charge in [0.25, 0.3) is 5.91 Å². The topological polar surface area (TPSA) is 167 Å². The third-order valence-corrected chi connectivity index (χ3v) is 13.2. The Kier molecular flexibility index (Phi) is 15.4. The second-order valence-corrected chi connectivity index (χ2v) is 17.1. The normalized spacial score (nSPS) is 22.1. The average molecular weight is 770 g/mol. The maximum Gasteiger partial charge on any atom is 0.334 e. The van der Waals surface area contributed by atoms with Crippen LogP contribution >= 0.6 is 11.3 Å². The zero-order chi connectivity index (χ0) is 39.8. The molecule has 1 aliphatic heterocycles. The van der Waals surface area contributed by atoms with E-state index in [2.05, 4.69) is 10.3 Å². The van der Waals surface area contributed by atoms with Crippen molar-refractivity contribution in [3.63, 3.8) is 0 Å². The van der Waals surface area contributed by atoms with E-state index >= 15 is 0 Å². The predicted molar refractivity (Wildman–Crippen MR) is 211 cm³/mol. The van der Waals surface area contributed by atoms with Crippen LogP contribution in [0.5, 0.6) is 0 Å². The lowest BCUT2D eigenvalue weighted by Crippen LogP contribution is -2.76.